The van der Waals surface area contributed by atoms with Gasteiger partial charge in [-0.05, 0) is 25.5 Å². The normalized spacial score (nSPS) is 10.3. The van der Waals surface area contributed by atoms with Crippen molar-refractivity contribution in [2.75, 3.05) is 19.6 Å². The summed E-state index contributed by atoms with van der Waals surface area (Å²) in [5.41, 5.74) is 0.00779. The van der Waals surface area contributed by atoms with Crippen LogP contribution in [0, 0.1) is 15.9 Å². The lowest BCUT2D eigenvalue weighted by Crippen LogP contribution is -2.37. The largest absolute Gasteiger partial charge is 0.342 e. The summed E-state index contributed by atoms with van der Waals surface area (Å²) >= 11 is 0. The van der Waals surface area contributed by atoms with E-state index >= 15 is 0 Å². The first-order valence-electron chi connectivity index (χ1n) is 6.40. The fraction of sp³-hybridized carbons (Fsp3) is 0.462. The van der Waals surface area contributed by atoms with Gasteiger partial charge in [0, 0.05) is 25.7 Å². The highest BCUT2D eigenvalue weighted by molar-refractivity contribution is 5.78. The minimum absolute atomic E-state index is 0.0302. The lowest BCUT2D eigenvalue weighted by atomic mass is 10.2. The molecular formula is C13H18FN3O3. The van der Waals surface area contributed by atoms with Crippen LogP contribution in [0.15, 0.2) is 18.2 Å². The van der Waals surface area contributed by atoms with Gasteiger partial charge >= 0.3 is 5.69 Å². The van der Waals surface area contributed by atoms with Gasteiger partial charge in [-0.25, -0.2) is 0 Å². The molecule has 0 spiro atoms. The van der Waals surface area contributed by atoms with E-state index in [1.165, 1.54) is 6.07 Å². The molecule has 0 bridgehead atoms. The predicted molar refractivity (Wildman–Crippen MR) is 72.7 cm³/mol. The van der Waals surface area contributed by atoms with Crippen LogP contribution in [0.4, 0.5) is 10.1 Å². The Morgan fingerprint density at radius 3 is 2.55 bits per heavy atom. The maximum atomic E-state index is 13.4. The average Bonchev–Trinajstić information content (AvgIpc) is 2.39. The first-order chi connectivity index (χ1) is 9.49. The first kappa shape index (κ1) is 16.0. The molecule has 1 aromatic rings. The number of nitrogens with zero attached hydrogens (tertiary/aromatic N) is 2. The van der Waals surface area contributed by atoms with Crippen molar-refractivity contribution >= 4 is 11.6 Å². The Kier molecular flexibility index (Phi) is 6.05. The minimum atomic E-state index is -0.871. The van der Waals surface area contributed by atoms with Crippen LogP contribution in [0.25, 0.3) is 0 Å². The summed E-state index contributed by atoms with van der Waals surface area (Å²) in [6.07, 6.45) is 0. The lowest BCUT2D eigenvalue weighted by molar-refractivity contribution is -0.387. The van der Waals surface area contributed by atoms with E-state index in [0.717, 1.165) is 12.1 Å². The Balaban J connectivity index is 2.53. The number of benzene rings is 1. The van der Waals surface area contributed by atoms with Crippen molar-refractivity contribution in [2.24, 2.45) is 0 Å². The molecule has 110 valence electrons. The molecule has 7 heteroatoms. The molecule has 0 aliphatic carbocycles. The molecule has 0 atom stereocenters. The second-order valence-corrected chi connectivity index (χ2v) is 4.21. The van der Waals surface area contributed by atoms with Gasteiger partial charge in [-0.3, -0.25) is 14.9 Å². The molecule has 0 aromatic heterocycles. The van der Waals surface area contributed by atoms with Gasteiger partial charge < -0.3 is 10.2 Å². The summed E-state index contributed by atoms with van der Waals surface area (Å²) in [6.45, 7) is 5.51. The van der Waals surface area contributed by atoms with Crippen molar-refractivity contribution < 1.29 is 14.1 Å². The van der Waals surface area contributed by atoms with E-state index in [2.05, 4.69) is 5.32 Å². The van der Waals surface area contributed by atoms with Crippen LogP contribution in [0.3, 0.4) is 0 Å². The van der Waals surface area contributed by atoms with Gasteiger partial charge in [0.25, 0.3) is 0 Å². The van der Waals surface area contributed by atoms with E-state index in [4.69, 9.17) is 0 Å². The van der Waals surface area contributed by atoms with Crippen molar-refractivity contribution in [1.82, 2.24) is 10.2 Å². The lowest BCUT2D eigenvalue weighted by Gasteiger charge is -2.18. The molecule has 0 fully saturated rings. The van der Waals surface area contributed by atoms with Gasteiger partial charge in [0.15, 0.2) is 0 Å². The second kappa shape index (κ2) is 7.54. The van der Waals surface area contributed by atoms with E-state index in [-0.39, 0.29) is 19.0 Å². The molecule has 0 saturated heterocycles. The molecule has 1 N–H and O–H groups in total. The molecule has 0 saturated carbocycles. The predicted octanol–water partition coefficient (Wildman–Crippen LogP) is 1.69. The van der Waals surface area contributed by atoms with E-state index in [1.54, 1.807) is 4.90 Å². The third kappa shape index (κ3) is 4.27. The number of nitro benzene ring substituents is 1. The molecule has 1 aromatic carbocycles. The summed E-state index contributed by atoms with van der Waals surface area (Å²) in [4.78, 5) is 23.1. The van der Waals surface area contributed by atoms with Crippen molar-refractivity contribution in [2.45, 2.75) is 20.4 Å². The fourth-order valence-electron chi connectivity index (χ4n) is 1.81. The number of carbonyl (C=O) groups is 1. The molecule has 0 heterocycles. The maximum Gasteiger partial charge on any atom is 0.304 e. The third-order valence-corrected chi connectivity index (χ3v) is 2.93. The van der Waals surface area contributed by atoms with Gasteiger partial charge in [-0.2, -0.15) is 4.39 Å². The topological polar surface area (TPSA) is 75.5 Å². The molecule has 1 amide bonds. The van der Waals surface area contributed by atoms with Crippen LogP contribution < -0.4 is 5.32 Å². The smallest absolute Gasteiger partial charge is 0.304 e. The number of hydrogen-bond donors (Lipinski definition) is 1. The van der Waals surface area contributed by atoms with Crippen LogP contribution in [0.5, 0.6) is 0 Å². The quantitative estimate of drug-likeness (QED) is 0.610. The summed E-state index contributed by atoms with van der Waals surface area (Å²) in [5, 5.41) is 13.4. The van der Waals surface area contributed by atoms with Gasteiger partial charge in [-0.15, -0.1) is 0 Å². The molecule has 0 radical (unpaired) electrons. The van der Waals surface area contributed by atoms with Crippen molar-refractivity contribution in [3.05, 3.63) is 39.7 Å². The Hall–Kier alpha value is -2.02. The number of rotatable bonds is 7. The summed E-state index contributed by atoms with van der Waals surface area (Å²) in [6, 6.07) is 3.70. The molecule has 0 aliphatic rings. The molecular weight excluding hydrogens is 265 g/mol. The third-order valence-electron chi connectivity index (χ3n) is 2.93. The maximum absolute atomic E-state index is 13.4. The molecule has 0 unspecified atom stereocenters. The van der Waals surface area contributed by atoms with Crippen molar-refractivity contribution in [1.29, 1.82) is 0 Å². The van der Waals surface area contributed by atoms with Crippen molar-refractivity contribution in [3.63, 3.8) is 0 Å². The highest BCUT2D eigenvalue weighted by atomic mass is 19.1. The highest BCUT2D eigenvalue weighted by Crippen LogP contribution is 2.17. The Morgan fingerprint density at radius 2 is 2.05 bits per heavy atom. The average molecular weight is 283 g/mol. The number of carbonyl (C=O) groups excluding carboxylic acids is 1. The zero-order valence-corrected chi connectivity index (χ0v) is 11.6. The van der Waals surface area contributed by atoms with Gasteiger partial charge in [0.05, 0.1) is 11.5 Å². The van der Waals surface area contributed by atoms with E-state index in [9.17, 15) is 19.3 Å². The number of likely N-dealkylation sites (N-methyl/N-ethyl adjacent to an activating group) is 1. The zero-order chi connectivity index (χ0) is 15.1. The molecule has 20 heavy (non-hydrogen) atoms. The number of amides is 1. The summed E-state index contributed by atoms with van der Waals surface area (Å²) < 4.78 is 13.4. The first-order valence-corrected chi connectivity index (χ1v) is 6.40. The minimum Gasteiger partial charge on any atom is -0.342 e. The van der Waals surface area contributed by atoms with Gasteiger partial charge in [0.2, 0.25) is 11.7 Å². The molecule has 0 aliphatic heterocycles. The molecule has 6 nitrogen and oxygen atoms in total. The number of hydrogen-bond acceptors (Lipinski definition) is 4. The summed E-state index contributed by atoms with van der Waals surface area (Å²) in [5.74, 6) is -0.901. The summed E-state index contributed by atoms with van der Waals surface area (Å²) in [7, 11) is 0. The Bertz CT molecular complexity index is 490. The number of halogens is 1. The standard InChI is InChI=1S/C13H18FN3O3/c1-3-16(4-2)13(18)9-15-8-10-5-6-12(17(19)20)11(14)7-10/h5-7,15H,3-4,8-9H2,1-2H3. The second-order valence-electron chi connectivity index (χ2n) is 4.21. The van der Waals surface area contributed by atoms with Crippen LogP contribution in [-0.4, -0.2) is 35.4 Å². The fourth-order valence-corrected chi connectivity index (χ4v) is 1.81. The Labute approximate surface area is 116 Å². The van der Waals surface area contributed by atoms with E-state index in [0.29, 0.717) is 18.7 Å². The number of nitrogens with one attached hydrogen (secondary N) is 1. The van der Waals surface area contributed by atoms with Crippen LogP contribution in [0.1, 0.15) is 19.4 Å². The van der Waals surface area contributed by atoms with E-state index < -0.39 is 16.4 Å². The number of nitro groups is 1. The monoisotopic (exact) mass is 283 g/mol. The van der Waals surface area contributed by atoms with Crippen LogP contribution in [0.2, 0.25) is 0 Å². The van der Waals surface area contributed by atoms with E-state index in [1.807, 2.05) is 13.8 Å². The van der Waals surface area contributed by atoms with Gasteiger partial charge in [-0.1, -0.05) is 6.07 Å². The Morgan fingerprint density at radius 1 is 1.40 bits per heavy atom. The van der Waals surface area contributed by atoms with Crippen LogP contribution >= 0.6 is 0 Å². The highest BCUT2D eigenvalue weighted by Gasteiger charge is 2.14. The molecule has 1 rings (SSSR count). The van der Waals surface area contributed by atoms with Gasteiger partial charge in [0.1, 0.15) is 0 Å². The SMILES string of the molecule is CCN(CC)C(=O)CNCc1ccc([N+](=O)[O-])c(F)c1. The van der Waals surface area contributed by atoms with Crippen LogP contribution in [-0.2, 0) is 11.3 Å². The van der Waals surface area contributed by atoms with Crippen molar-refractivity contribution in [3.8, 4) is 0 Å². The zero-order valence-electron chi connectivity index (χ0n) is 11.6.